The summed E-state index contributed by atoms with van der Waals surface area (Å²) in [4.78, 5) is 0. The van der Waals surface area contributed by atoms with Crippen LogP contribution in [0.2, 0.25) is 0 Å². The molecule has 0 spiro atoms. The van der Waals surface area contributed by atoms with Crippen molar-refractivity contribution in [1.29, 1.82) is 0 Å². The molecule has 0 saturated heterocycles. The highest BCUT2D eigenvalue weighted by molar-refractivity contribution is 14.1. The van der Waals surface area contributed by atoms with E-state index in [4.69, 9.17) is 4.74 Å². The maximum atomic E-state index is 4.97. The summed E-state index contributed by atoms with van der Waals surface area (Å²) in [6, 6.07) is 6.40. The van der Waals surface area contributed by atoms with Crippen molar-refractivity contribution < 1.29 is 4.74 Å². The fourth-order valence-electron chi connectivity index (χ4n) is 1.24. The molecule has 78 valence electrons. The van der Waals surface area contributed by atoms with Crippen LogP contribution in [0.5, 0.6) is 0 Å². The van der Waals surface area contributed by atoms with Gasteiger partial charge in [-0.15, -0.1) is 0 Å². The number of halogens is 1. The van der Waals surface area contributed by atoms with Crippen LogP contribution in [0, 0.1) is 10.5 Å². The largest absolute Gasteiger partial charge is 0.383 e. The van der Waals surface area contributed by atoms with Crippen molar-refractivity contribution in [2.24, 2.45) is 0 Å². The van der Waals surface area contributed by atoms with Crippen molar-refractivity contribution in [3.05, 3.63) is 32.9 Å². The average molecular weight is 305 g/mol. The summed E-state index contributed by atoms with van der Waals surface area (Å²) in [6.07, 6.45) is 0. The molecule has 0 fully saturated rings. The van der Waals surface area contributed by atoms with Crippen LogP contribution in [0.1, 0.15) is 11.1 Å². The van der Waals surface area contributed by atoms with E-state index in [0.29, 0.717) is 0 Å². The molecular weight excluding hydrogens is 289 g/mol. The molecule has 0 radical (unpaired) electrons. The Balaban J connectivity index is 2.46. The smallest absolute Gasteiger partial charge is 0.0587 e. The number of benzene rings is 1. The maximum Gasteiger partial charge on any atom is 0.0587 e. The van der Waals surface area contributed by atoms with Crippen LogP contribution in [0.4, 0.5) is 0 Å². The lowest BCUT2D eigenvalue weighted by molar-refractivity contribution is 0.199. The molecule has 0 unspecified atom stereocenters. The summed E-state index contributed by atoms with van der Waals surface area (Å²) in [6.45, 7) is 4.73. The number of hydrogen-bond acceptors (Lipinski definition) is 2. The van der Waals surface area contributed by atoms with Crippen molar-refractivity contribution in [3.63, 3.8) is 0 Å². The highest BCUT2D eigenvalue weighted by atomic mass is 127. The van der Waals surface area contributed by atoms with Gasteiger partial charge in [-0.25, -0.2) is 0 Å². The van der Waals surface area contributed by atoms with Gasteiger partial charge in [-0.05, 0) is 40.6 Å². The lowest BCUT2D eigenvalue weighted by Crippen LogP contribution is -2.19. The Morgan fingerprint density at radius 2 is 2.21 bits per heavy atom. The van der Waals surface area contributed by atoms with E-state index < -0.39 is 0 Å². The van der Waals surface area contributed by atoms with Crippen molar-refractivity contribution >= 4 is 22.6 Å². The quantitative estimate of drug-likeness (QED) is 0.666. The molecule has 2 nitrogen and oxygen atoms in total. The van der Waals surface area contributed by atoms with Gasteiger partial charge in [-0.3, -0.25) is 0 Å². The molecule has 0 aromatic heterocycles. The molecule has 0 bridgehead atoms. The minimum absolute atomic E-state index is 0.766. The topological polar surface area (TPSA) is 21.3 Å². The van der Waals surface area contributed by atoms with E-state index in [1.54, 1.807) is 7.11 Å². The number of methoxy groups -OCH3 is 1. The molecule has 0 heterocycles. The molecule has 3 heteroatoms. The van der Waals surface area contributed by atoms with Crippen molar-refractivity contribution in [3.8, 4) is 0 Å². The van der Waals surface area contributed by atoms with Crippen molar-refractivity contribution in [2.45, 2.75) is 13.5 Å². The van der Waals surface area contributed by atoms with E-state index in [1.807, 2.05) is 0 Å². The van der Waals surface area contributed by atoms with Crippen molar-refractivity contribution in [1.82, 2.24) is 5.32 Å². The zero-order valence-electron chi connectivity index (χ0n) is 8.64. The van der Waals surface area contributed by atoms with Crippen LogP contribution in [0.15, 0.2) is 18.2 Å². The first-order chi connectivity index (χ1) is 6.75. The molecule has 0 atom stereocenters. The number of ether oxygens (including phenoxy) is 1. The van der Waals surface area contributed by atoms with Crippen LogP contribution >= 0.6 is 22.6 Å². The Morgan fingerprint density at radius 1 is 1.43 bits per heavy atom. The predicted octanol–water partition coefficient (Wildman–Crippen LogP) is 2.34. The van der Waals surface area contributed by atoms with E-state index in [1.165, 1.54) is 14.7 Å². The number of hydrogen-bond donors (Lipinski definition) is 1. The lowest BCUT2D eigenvalue weighted by atomic mass is 10.1. The Bertz CT molecular complexity index is 289. The van der Waals surface area contributed by atoms with Gasteiger partial charge >= 0.3 is 0 Å². The van der Waals surface area contributed by atoms with Gasteiger partial charge in [-0.1, -0.05) is 18.2 Å². The third-order valence-electron chi connectivity index (χ3n) is 2.07. The summed E-state index contributed by atoms with van der Waals surface area (Å²) in [5.41, 5.74) is 2.71. The van der Waals surface area contributed by atoms with Crippen LogP contribution in [-0.2, 0) is 11.3 Å². The first-order valence-electron chi connectivity index (χ1n) is 4.69. The first kappa shape index (κ1) is 11.9. The zero-order chi connectivity index (χ0) is 10.4. The molecule has 0 aliphatic rings. The van der Waals surface area contributed by atoms with E-state index in [0.717, 1.165) is 19.7 Å². The molecule has 14 heavy (non-hydrogen) atoms. The second-order valence-electron chi connectivity index (χ2n) is 3.22. The van der Waals surface area contributed by atoms with E-state index >= 15 is 0 Å². The average Bonchev–Trinajstić information content (AvgIpc) is 2.19. The Morgan fingerprint density at radius 3 is 2.93 bits per heavy atom. The maximum absolute atomic E-state index is 4.97. The van der Waals surface area contributed by atoms with Gasteiger partial charge in [0.1, 0.15) is 0 Å². The van der Waals surface area contributed by atoms with Gasteiger partial charge in [0.2, 0.25) is 0 Å². The summed E-state index contributed by atoms with van der Waals surface area (Å²) >= 11 is 2.39. The second kappa shape index (κ2) is 6.37. The van der Waals surface area contributed by atoms with E-state index in [-0.39, 0.29) is 0 Å². The van der Waals surface area contributed by atoms with Gasteiger partial charge in [0.05, 0.1) is 6.61 Å². The molecule has 1 N–H and O–H groups in total. The molecule has 0 aliphatic carbocycles. The third kappa shape index (κ3) is 3.55. The van der Waals surface area contributed by atoms with Gasteiger partial charge in [-0.2, -0.15) is 0 Å². The van der Waals surface area contributed by atoms with Crippen LogP contribution in [-0.4, -0.2) is 20.3 Å². The number of nitrogens with one attached hydrogen (secondary N) is 1. The first-order valence-corrected chi connectivity index (χ1v) is 5.77. The van der Waals surface area contributed by atoms with E-state index in [2.05, 4.69) is 53.0 Å². The second-order valence-corrected chi connectivity index (χ2v) is 4.30. The SMILES string of the molecule is COCCNCc1cccc(C)c1I. The Labute approximate surface area is 99.2 Å². The van der Waals surface area contributed by atoms with Gasteiger partial charge in [0, 0.05) is 23.8 Å². The summed E-state index contributed by atoms with van der Waals surface area (Å²) in [5.74, 6) is 0. The third-order valence-corrected chi connectivity index (χ3v) is 3.61. The fraction of sp³-hybridized carbons (Fsp3) is 0.455. The fourth-order valence-corrected chi connectivity index (χ4v) is 1.79. The molecule has 0 aliphatic heterocycles. The van der Waals surface area contributed by atoms with Gasteiger partial charge in [0.25, 0.3) is 0 Å². The molecule has 0 amide bonds. The number of rotatable bonds is 5. The molecule has 1 rings (SSSR count). The lowest BCUT2D eigenvalue weighted by Gasteiger charge is -2.08. The van der Waals surface area contributed by atoms with Crippen molar-refractivity contribution in [2.75, 3.05) is 20.3 Å². The van der Waals surface area contributed by atoms with Gasteiger partial charge < -0.3 is 10.1 Å². The Kier molecular flexibility index (Phi) is 5.44. The number of aryl methyl sites for hydroxylation is 1. The minimum atomic E-state index is 0.766. The van der Waals surface area contributed by atoms with Crippen LogP contribution in [0.3, 0.4) is 0 Å². The highest BCUT2D eigenvalue weighted by Gasteiger charge is 2.00. The summed E-state index contributed by atoms with van der Waals surface area (Å²) < 4.78 is 6.33. The van der Waals surface area contributed by atoms with Gasteiger partial charge in [0.15, 0.2) is 0 Å². The minimum Gasteiger partial charge on any atom is -0.383 e. The monoisotopic (exact) mass is 305 g/mol. The van der Waals surface area contributed by atoms with Crippen LogP contribution in [0.25, 0.3) is 0 Å². The summed E-state index contributed by atoms with van der Waals surface area (Å²) in [7, 11) is 1.72. The molecule has 1 aromatic carbocycles. The Hall–Kier alpha value is -0.130. The molecule has 0 saturated carbocycles. The van der Waals surface area contributed by atoms with Crippen LogP contribution < -0.4 is 5.32 Å². The molecule has 1 aromatic rings. The summed E-state index contributed by atoms with van der Waals surface area (Å²) in [5, 5.41) is 3.34. The highest BCUT2D eigenvalue weighted by Crippen LogP contribution is 2.16. The molecular formula is C11H16INO. The standard InChI is InChI=1S/C11H16INO/c1-9-4-3-5-10(11(9)12)8-13-6-7-14-2/h3-5,13H,6-8H2,1-2H3. The van der Waals surface area contributed by atoms with E-state index in [9.17, 15) is 0 Å². The predicted molar refractivity (Wildman–Crippen MR) is 67.5 cm³/mol. The normalized spacial score (nSPS) is 10.5. The zero-order valence-corrected chi connectivity index (χ0v) is 10.8.